The zero-order chi connectivity index (χ0) is 16.1. The molecule has 1 unspecified atom stereocenters. The van der Waals surface area contributed by atoms with Gasteiger partial charge in [-0.2, -0.15) is 0 Å². The molecule has 1 aromatic rings. The molecule has 1 saturated heterocycles. The van der Waals surface area contributed by atoms with Crippen molar-refractivity contribution in [2.24, 2.45) is 0 Å². The number of rotatable bonds is 6. The van der Waals surface area contributed by atoms with E-state index in [2.05, 4.69) is 11.0 Å². The second kappa shape index (κ2) is 7.92. The van der Waals surface area contributed by atoms with Crippen molar-refractivity contribution in [3.63, 3.8) is 0 Å². The lowest BCUT2D eigenvalue weighted by Crippen LogP contribution is -2.47. The minimum Gasteiger partial charge on any atom is -0.480 e. The number of aryl methyl sites for hydroxylation is 1. The van der Waals surface area contributed by atoms with Crippen LogP contribution in [0.1, 0.15) is 11.1 Å². The van der Waals surface area contributed by atoms with Crippen LogP contribution in [0.15, 0.2) is 18.2 Å². The smallest absolute Gasteiger partial charge is 0.317 e. The molecule has 6 heteroatoms. The predicted molar refractivity (Wildman–Crippen MR) is 86.3 cm³/mol. The molecular formula is C16H23ClN2O3. The summed E-state index contributed by atoms with van der Waals surface area (Å²) in [5, 5.41) is 9.57. The quantitative estimate of drug-likeness (QED) is 0.865. The Morgan fingerprint density at radius 2 is 2.27 bits per heavy atom. The van der Waals surface area contributed by atoms with Crippen LogP contribution in [0.5, 0.6) is 0 Å². The molecule has 2 rings (SSSR count). The highest BCUT2D eigenvalue weighted by atomic mass is 35.5. The van der Waals surface area contributed by atoms with Gasteiger partial charge in [-0.25, -0.2) is 0 Å². The summed E-state index contributed by atoms with van der Waals surface area (Å²) in [6, 6.07) is 6.09. The molecule has 1 aliphatic rings. The number of carbonyl (C=O) groups is 1. The molecule has 122 valence electrons. The summed E-state index contributed by atoms with van der Waals surface area (Å²) >= 11 is 6.11. The maximum absolute atomic E-state index is 10.7. The molecule has 1 N–H and O–H groups in total. The summed E-state index contributed by atoms with van der Waals surface area (Å²) in [6.45, 7) is 5.89. The standard InChI is InChI=1S/C16H23ClN2O3/c1-12-5-13(7-14(17)6-12)8-19-3-4-22-15(10-19)9-18(2)11-16(20)21/h5-7,15H,3-4,8-11H2,1-2H3,(H,20,21). The highest BCUT2D eigenvalue weighted by molar-refractivity contribution is 6.30. The number of likely N-dealkylation sites (N-methyl/N-ethyl adjacent to an activating group) is 1. The Balaban J connectivity index is 1.88. The van der Waals surface area contributed by atoms with E-state index in [9.17, 15) is 4.79 Å². The molecule has 1 aliphatic heterocycles. The minimum atomic E-state index is -0.815. The van der Waals surface area contributed by atoms with Gasteiger partial charge >= 0.3 is 5.97 Å². The number of carboxylic acids is 1. The molecule has 5 nitrogen and oxygen atoms in total. The molecule has 1 fully saturated rings. The van der Waals surface area contributed by atoms with Crippen LogP contribution in [0.2, 0.25) is 5.02 Å². The molecule has 1 heterocycles. The van der Waals surface area contributed by atoms with Gasteiger partial charge < -0.3 is 9.84 Å². The molecule has 1 aromatic carbocycles. The second-order valence-corrected chi connectivity index (χ2v) is 6.39. The summed E-state index contributed by atoms with van der Waals surface area (Å²) in [5.74, 6) is -0.815. The first-order valence-corrected chi connectivity index (χ1v) is 7.80. The Bertz CT molecular complexity index is 504. The highest BCUT2D eigenvalue weighted by Crippen LogP contribution is 2.17. The van der Waals surface area contributed by atoms with Gasteiger partial charge in [-0.1, -0.05) is 17.7 Å². The van der Waals surface area contributed by atoms with Crippen molar-refractivity contribution in [3.8, 4) is 0 Å². The number of carboxylic acid groups (broad SMARTS) is 1. The number of halogens is 1. The van der Waals surface area contributed by atoms with E-state index in [-0.39, 0.29) is 12.6 Å². The first-order chi connectivity index (χ1) is 10.4. The van der Waals surface area contributed by atoms with Crippen LogP contribution in [0.4, 0.5) is 0 Å². The van der Waals surface area contributed by atoms with Gasteiger partial charge in [-0.05, 0) is 37.2 Å². The maximum Gasteiger partial charge on any atom is 0.317 e. The van der Waals surface area contributed by atoms with E-state index in [0.717, 1.165) is 30.2 Å². The fourth-order valence-corrected chi connectivity index (χ4v) is 3.15. The van der Waals surface area contributed by atoms with Crippen molar-refractivity contribution in [2.45, 2.75) is 19.6 Å². The maximum atomic E-state index is 10.7. The summed E-state index contributed by atoms with van der Waals surface area (Å²) in [5.41, 5.74) is 2.36. The summed E-state index contributed by atoms with van der Waals surface area (Å²) in [4.78, 5) is 14.8. The average molecular weight is 327 g/mol. The van der Waals surface area contributed by atoms with Gasteiger partial charge in [0, 0.05) is 31.2 Å². The Morgan fingerprint density at radius 1 is 1.50 bits per heavy atom. The van der Waals surface area contributed by atoms with Crippen molar-refractivity contribution in [2.75, 3.05) is 39.8 Å². The molecule has 1 atom stereocenters. The third-order valence-electron chi connectivity index (χ3n) is 3.65. The summed E-state index contributed by atoms with van der Waals surface area (Å²) in [6.07, 6.45) is 0.0402. The SMILES string of the molecule is Cc1cc(Cl)cc(CN2CCOC(CN(C)CC(=O)O)C2)c1. The number of morpholine rings is 1. The molecule has 0 saturated carbocycles. The van der Waals surface area contributed by atoms with Crippen molar-refractivity contribution in [1.29, 1.82) is 0 Å². The van der Waals surface area contributed by atoms with Crippen LogP contribution in [0.3, 0.4) is 0 Å². The third-order valence-corrected chi connectivity index (χ3v) is 3.87. The molecule has 0 aromatic heterocycles. The van der Waals surface area contributed by atoms with Gasteiger partial charge in [0.1, 0.15) is 0 Å². The van der Waals surface area contributed by atoms with Gasteiger partial charge in [-0.3, -0.25) is 14.6 Å². The number of ether oxygens (including phenoxy) is 1. The van der Waals surface area contributed by atoms with E-state index in [1.807, 2.05) is 19.1 Å². The van der Waals surface area contributed by atoms with E-state index in [0.29, 0.717) is 13.2 Å². The molecule has 22 heavy (non-hydrogen) atoms. The zero-order valence-corrected chi connectivity index (χ0v) is 13.8. The lowest BCUT2D eigenvalue weighted by molar-refractivity contribution is -0.138. The fourth-order valence-electron chi connectivity index (χ4n) is 2.84. The molecule has 0 bridgehead atoms. The number of benzene rings is 1. The van der Waals surface area contributed by atoms with E-state index in [1.165, 1.54) is 5.56 Å². The molecule has 0 radical (unpaired) electrons. The second-order valence-electron chi connectivity index (χ2n) is 5.96. The predicted octanol–water partition coefficient (Wildman–Crippen LogP) is 1.87. The van der Waals surface area contributed by atoms with Crippen LogP contribution in [-0.2, 0) is 16.1 Å². The summed E-state index contributed by atoms with van der Waals surface area (Å²) in [7, 11) is 1.80. The lowest BCUT2D eigenvalue weighted by Gasteiger charge is -2.34. The third kappa shape index (κ3) is 5.57. The van der Waals surface area contributed by atoms with Gasteiger partial charge in [0.25, 0.3) is 0 Å². The largest absolute Gasteiger partial charge is 0.480 e. The van der Waals surface area contributed by atoms with Gasteiger partial charge in [0.05, 0.1) is 19.3 Å². The van der Waals surface area contributed by atoms with Gasteiger partial charge in [0.15, 0.2) is 0 Å². The lowest BCUT2D eigenvalue weighted by atomic mass is 10.1. The number of hydrogen-bond donors (Lipinski definition) is 1. The zero-order valence-electron chi connectivity index (χ0n) is 13.1. The van der Waals surface area contributed by atoms with E-state index in [4.69, 9.17) is 21.4 Å². The molecule has 0 amide bonds. The number of nitrogens with zero attached hydrogens (tertiary/aromatic N) is 2. The number of aliphatic carboxylic acids is 1. The number of hydrogen-bond acceptors (Lipinski definition) is 4. The normalized spacial score (nSPS) is 19.5. The van der Waals surface area contributed by atoms with E-state index < -0.39 is 5.97 Å². The Hall–Kier alpha value is -1.14. The Morgan fingerprint density at radius 3 is 2.95 bits per heavy atom. The Labute approximate surface area is 136 Å². The van der Waals surface area contributed by atoms with Crippen LogP contribution >= 0.6 is 11.6 Å². The van der Waals surface area contributed by atoms with Gasteiger partial charge in [0.2, 0.25) is 0 Å². The first kappa shape index (κ1) is 17.2. The minimum absolute atomic E-state index is 0.0351. The molecule has 0 aliphatic carbocycles. The Kier molecular flexibility index (Phi) is 6.20. The van der Waals surface area contributed by atoms with Crippen LogP contribution in [0, 0.1) is 6.92 Å². The average Bonchev–Trinajstić information content (AvgIpc) is 2.36. The van der Waals surface area contributed by atoms with E-state index >= 15 is 0 Å². The first-order valence-electron chi connectivity index (χ1n) is 7.43. The van der Waals surface area contributed by atoms with Crippen LogP contribution < -0.4 is 0 Å². The summed E-state index contributed by atoms with van der Waals surface area (Å²) < 4.78 is 5.74. The van der Waals surface area contributed by atoms with Crippen molar-refractivity contribution >= 4 is 17.6 Å². The van der Waals surface area contributed by atoms with Gasteiger partial charge in [-0.15, -0.1) is 0 Å². The fraction of sp³-hybridized carbons (Fsp3) is 0.562. The van der Waals surface area contributed by atoms with Crippen LogP contribution in [0.25, 0.3) is 0 Å². The molecular weight excluding hydrogens is 304 g/mol. The monoisotopic (exact) mass is 326 g/mol. The van der Waals surface area contributed by atoms with E-state index in [1.54, 1.807) is 11.9 Å². The van der Waals surface area contributed by atoms with Crippen molar-refractivity contribution in [1.82, 2.24) is 9.80 Å². The molecule has 0 spiro atoms. The topological polar surface area (TPSA) is 53.0 Å². The van der Waals surface area contributed by atoms with Crippen molar-refractivity contribution < 1.29 is 14.6 Å². The highest BCUT2D eigenvalue weighted by Gasteiger charge is 2.22. The van der Waals surface area contributed by atoms with Crippen LogP contribution in [-0.4, -0.2) is 66.8 Å². The van der Waals surface area contributed by atoms with Crippen molar-refractivity contribution in [3.05, 3.63) is 34.3 Å².